The van der Waals surface area contributed by atoms with Gasteiger partial charge in [-0.2, -0.15) is 0 Å². The van der Waals surface area contributed by atoms with Crippen LogP contribution in [0.2, 0.25) is 10.0 Å². The number of fused-ring (bicyclic) bond motifs is 1. The zero-order valence-corrected chi connectivity index (χ0v) is 6.84. The average molecular weight is 173 g/mol. The van der Waals surface area contributed by atoms with Crippen molar-refractivity contribution in [3.05, 3.63) is 33.3 Å². The summed E-state index contributed by atoms with van der Waals surface area (Å²) in [6.07, 6.45) is 2.25. The van der Waals surface area contributed by atoms with Crippen molar-refractivity contribution in [3.63, 3.8) is 0 Å². The monoisotopic (exact) mass is 172 g/mol. The Hall–Kier alpha value is -0.200. The second kappa shape index (κ2) is 2.14. The number of hydrogen-bond acceptors (Lipinski definition) is 0. The fourth-order valence-corrected chi connectivity index (χ4v) is 1.68. The molecule has 2 heteroatoms. The molecule has 0 saturated heterocycles. The summed E-state index contributed by atoms with van der Waals surface area (Å²) in [5.41, 5.74) is 2.60. The molecule has 0 nitrogen and oxygen atoms in total. The number of aryl methyl sites for hydroxylation is 1. The molecule has 52 valence electrons. The van der Waals surface area contributed by atoms with Crippen molar-refractivity contribution >= 4 is 23.2 Å². The molecule has 0 heterocycles. The van der Waals surface area contributed by atoms with Gasteiger partial charge < -0.3 is 0 Å². The number of halogens is 2. The molecular formula is C8H6Cl2. The third-order valence-electron chi connectivity index (χ3n) is 1.94. The Morgan fingerprint density at radius 2 is 1.90 bits per heavy atom. The molecule has 2 rings (SSSR count). The third-order valence-corrected chi connectivity index (χ3v) is 2.78. The van der Waals surface area contributed by atoms with Gasteiger partial charge in [0.05, 0.1) is 10.0 Å². The summed E-state index contributed by atoms with van der Waals surface area (Å²) in [6.45, 7) is 0. The maximum Gasteiger partial charge on any atom is 0.0627 e. The van der Waals surface area contributed by atoms with Gasteiger partial charge in [0, 0.05) is 0 Å². The Kier molecular flexibility index (Phi) is 1.40. The molecule has 1 aromatic rings. The Balaban J connectivity index is 2.66. The van der Waals surface area contributed by atoms with E-state index in [1.54, 1.807) is 0 Å². The second-order valence-corrected chi connectivity index (χ2v) is 3.28. The van der Waals surface area contributed by atoms with E-state index in [1.807, 2.05) is 12.1 Å². The standard InChI is InChI=1S/C8H6Cl2/c9-7-4-2-5-1-3-6(5)8(7)10/h2,4H,1,3H2. The minimum absolute atomic E-state index is 0.681. The normalized spacial score (nSPS) is 14.2. The lowest BCUT2D eigenvalue weighted by molar-refractivity contribution is 0.840. The van der Waals surface area contributed by atoms with Gasteiger partial charge in [-0.25, -0.2) is 0 Å². The van der Waals surface area contributed by atoms with Crippen molar-refractivity contribution < 1.29 is 0 Å². The summed E-state index contributed by atoms with van der Waals surface area (Å²) < 4.78 is 0. The molecule has 0 fully saturated rings. The second-order valence-electron chi connectivity index (χ2n) is 2.50. The highest BCUT2D eigenvalue weighted by molar-refractivity contribution is 6.42. The average Bonchev–Trinajstić information content (AvgIpc) is 1.82. The molecule has 0 spiro atoms. The fraction of sp³-hybridized carbons (Fsp3) is 0.250. The molecule has 0 N–H and O–H groups in total. The fourth-order valence-electron chi connectivity index (χ4n) is 1.22. The Labute approximate surface area is 69.8 Å². The van der Waals surface area contributed by atoms with Crippen LogP contribution in [-0.2, 0) is 12.8 Å². The molecular weight excluding hydrogens is 167 g/mol. The molecule has 0 aliphatic heterocycles. The molecule has 1 aliphatic carbocycles. The van der Waals surface area contributed by atoms with Gasteiger partial charge in [0.15, 0.2) is 0 Å². The molecule has 0 bridgehead atoms. The van der Waals surface area contributed by atoms with Crippen LogP contribution in [0.4, 0.5) is 0 Å². The van der Waals surface area contributed by atoms with Crippen LogP contribution in [0.3, 0.4) is 0 Å². The van der Waals surface area contributed by atoms with Crippen molar-refractivity contribution in [2.75, 3.05) is 0 Å². The van der Waals surface area contributed by atoms with Crippen LogP contribution in [0.25, 0.3) is 0 Å². The van der Waals surface area contributed by atoms with Crippen LogP contribution in [0.1, 0.15) is 11.1 Å². The quantitative estimate of drug-likeness (QED) is 0.565. The summed E-state index contributed by atoms with van der Waals surface area (Å²) in [6, 6.07) is 3.91. The summed E-state index contributed by atoms with van der Waals surface area (Å²) in [4.78, 5) is 0. The molecule has 1 aliphatic rings. The maximum absolute atomic E-state index is 5.90. The van der Waals surface area contributed by atoms with Gasteiger partial charge >= 0.3 is 0 Å². The van der Waals surface area contributed by atoms with E-state index in [0.717, 1.165) is 17.9 Å². The van der Waals surface area contributed by atoms with E-state index in [4.69, 9.17) is 23.2 Å². The van der Waals surface area contributed by atoms with Gasteiger partial charge in [-0.15, -0.1) is 0 Å². The largest absolute Gasteiger partial charge is 0.0827 e. The first-order chi connectivity index (χ1) is 4.79. The Morgan fingerprint density at radius 1 is 1.10 bits per heavy atom. The van der Waals surface area contributed by atoms with Crippen LogP contribution in [0, 0.1) is 0 Å². The van der Waals surface area contributed by atoms with E-state index in [-0.39, 0.29) is 0 Å². The summed E-state index contributed by atoms with van der Waals surface area (Å²) in [5, 5.41) is 1.44. The van der Waals surface area contributed by atoms with Gasteiger partial charge in [-0.05, 0) is 30.0 Å². The van der Waals surface area contributed by atoms with Crippen LogP contribution >= 0.6 is 23.2 Å². The highest BCUT2D eigenvalue weighted by Gasteiger charge is 2.17. The van der Waals surface area contributed by atoms with E-state index >= 15 is 0 Å². The SMILES string of the molecule is Clc1ccc2c(c1Cl)CC2. The lowest BCUT2D eigenvalue weighted by Crippen LogP contribution is -2.08. The summed E-state index contributed by atoms with van der Waals surface area (Å²) in [7, 11) is 0. The van der Waals surface area contributed by atoms with Crippen LogP contribution in [-0.4, -0.2) is 0 Å². The molecule has 0 atom stereocenters. The third kappa shape index (κ3) is 0.759. The van der Waals surface area contributed by atoms with Gasteiger partial charge in [0.1, 0.15) is 0 Å². The van der Waals surface area contributed by atoms with Crippen molar-refractivity contribution in [1.82, 2.24) is 0 Å². The smallest absolute Gasteiger partial charge is 0.0627 e. The van der Waals surface area contributed by atoms with Gasteiger partial charge in [-0.1, -0.05) is 29.3 Å². The first-order valence-corrected chi connectivity index (χ1v) is 4.00. The van der Waals surface area contributed by atoms with Crippen LogP contribution in [0.15, 0.2) is 12.1 Å². The van der Waals surface area contributed by atoms with E-state index in [9.17, 15) is 0 Å². The topological polar surface area (TPSA) is 0 Å². The lowest BCUT2D eigenvalue weighted by Gasteiger charge is -2.20. The van der Waals surface area contributed by atoms with E-state index in [2.05, 4.69) is 0 Å². The highest BCUT2D eigenvalue weighted by Crippen LogP contribution is 2.34. The molecule has 10 heavy (non-hydrogen) atoms. The summed E-state index contributed by atoms with van der Waals surface area (Å²) >= 11 is 11.7. The van der Waals surface area contributed by atoms with Crippen molar-refractivity contribution in [1.29, 1.82) is 0 Å². The van der Waals surface area contributed by atoms with Crippen molar-refractivity contribution in [2.24, 2.45) is 0 Å². The maximum atomic E-state index is 5.90. The first-order valence-electron chi connectivity index (χ1n) is 3.25. The van der Waals surface area contributed by atoms with E-state index in [0.29, 0.717) is 5.02 Å². The van der Waals surface area contributed by atoms with Gasteiger partial charge in [0.2, 0.25) is 0 Å². The predicted octanol–water partition coefficient (Wildman–Crippen LogP) is 3.09. The van der Waals surface area contributed by atoms with Crippen molar-refractivity contribution in [2.45, 2.75) is 12.8 Å². The number of benzene rings is 1. The first kappa shape index (κ1) is 6.51. The Bertz CT molecular complexity index is 264. The predicted molar refractivity (Wildman–Crippen MR) is 43.9 cm³/mol. The highest BCUT2D eigenvalue weighted by atomic mass is 35.5. The van der Waals surface area contributed by atoms with Gasteiger partial charge in [-0.3, -0.25) is 0 Å². The molecule has 1 aromatic carbocycles. The molecule has 0 saturated carbocycles. The Morgan fingerprint density at radius 3 is 2.40 bits per heavy atom. The summed E-state index contributed by atoms with van der Waals surface area (Å²) in [5.74, 6) is 0. The number of rotatable bonds is 0. The minimum atomic E-state index is 0.681. The minimum Gasteiger partial charge on any atom is -0.0827 e. The number of hydrogen-bond donors (Lipinski definition) is 0. The van der Waals surface area contributed by atoms with Crippen LogP contribution in [0.5, 0.6) is 0 Å². The molecule has 0 aromatic heterocycles. The van der Waals surface area contributed by atoms with E-state index in [1.165, 1.54) is 11.1 Å². The van der Waals surface area contributed by atoms with E-state index < -0.39 is 0 Å². The molecule has 0 radical (unpaired) electrons. The zero-order chi connectivity index (χ0) is 7.14. The molecule has 0 unspecified atom stereocenters. The van der Waals surface area contributed by atoms with Gasteiger partial charge in [0.25, 0.3) is 0 Å². The lowest BCUT2D eigenvalue weighted by atomic mass is 9.89. The van der Waals surface area contributed by atoms with Crippen molar-refractivity contribution in [3.8, 4) is 0 Å². The van der Waals surface area contributed by atoms with Crippen LogP contribution < -0.4 is 0 Å². The zero-order valence-electron chi connectivity index (χ0n) is 5.32. The molecule has 0 amide bonds.